The fourth-order valence-electron chi connectivity index (χ4n) is 1.20. The fraction of sp³-hybridized carbons (Fsp3) is 0. The fourth-order valence-corrected chi connectivity index (χ4v) is 2.82. The van der Waals surface area contributed by atoms with Crippen LogP contribution >= 0.6 is 35.6 Å². The van der Waals surface area contributed by atoms with Gasteiger partial charge >= 0.3 is 0 Å². The zero-order chi connectivity index (χ0) is 9.42. The summed E-state index contributed by atoms with van der Waals surface area (Å²) < 4.78 is 1.01. The van der Waals surface area contributed by atoms with Crippen molar-refractivity contribution in [3.8, 4) is 6.07 Å². The minimum absolute atomic E-state index is 0.591. The SMILES string of the molecule is N#Cc1cc(S)cc2scc(Cl)c12. The highest BCUT2D eigenvalue weighted by Gasteiger charge is 2.07. The third kappa shape index (κ3) is 1.42. The van der Waals surface area contributed by atoms with Crippen molar-refractivity contribution in [1.29, 1.82) is 5.26 Å². The van der Waals surface area contributed by atoms with Crippen molar-refractivity contribution in [2.75, 3.05) is 0 Å². The van der Waals surface area contributed by atoms with Crippen LogP contribution in [0.3, 0.4) is 0 Å². The van der Waals surface area contributed by atoms with E-state index >= 15 is 0 Å². The van der Waals surface area contributed by atoms with Crippen LogP contribution in [0.25, 0.3) is 10.1 Å². The van der Waals surface area contributed by atoms with Crippen LogP contribution in [-0.2, 0) is 0 Å². The predicted octanol–water partition coefficient (Wildman–Crippen LogP) is 3.72. The predicted molar refractivity (Wildman–Crippen MR) is 58.8 cm³/mol. The van der Waals surface area contributed by atoms with E-state index in [2.05, 4.69) is 18.7 Å². The standard InChI is InChI=1S/C9H4ClNS2/c10-7-4-13-8-2-6(12)1-5(3-11)9(7)8/h1-2,4,12H. The number of hydrogen-bond donors (Lipinski definition) is 1. The Bertz CT molecular complexity index is 510. The lowest BCUT2D eigenvalue weighted by Crippen LogP contribution is -1.76. The lowest BCUT2D eigenvalue weighted by atomic mass is 10.1. The van der Waals surface area contributed by atoms with Crippen molar-refractivity contribution in [3.05, 3.63) is 28.1 Å². The molecule has 0 aliphatic heterocycles. The van der Waals surface area contributed by atoms with Gasteiger partial charge in [0.25, 0.3) is 0 Å². The van der Waals surface area contributed by atoms with Gasteiger partial charge in [0.05, 0.1) is 16.7 Å². The van der Waals surface area contributed by atoms with E-state index < -0.39 is 0 Å². The molecule has 0 N–H and O–H groups in total. The van der Waals surface area contributed by atoms with Gasteiger partial charge in [-0.05, 0) is 12.1 Å². The minimum atomic E-state index is 0.591. The lowest BCUT2D eigenvalue weighted by molar-refractivity contribution is 1.46. The molecule has 0 aliphatic carbocycles. The van der Waals surface area contributed by atoms with Crippen LogP contribution < -0.4 is 0 Å². The topological polar surface area (TPSA) is 23.8 Å². The number of thiol groups is 1. The summed E-state index contributed by atoms with van der Waals surface area (Å²) in [6.07, 6.45) is 0. The monoisotopic (exact) mass is 225 g/mol. The Balaban J connectivity index is 2.95. The first-order valence-electron chi connectivity index (χ1n) is 3.52. The minimum Gasteiger partial charge on any atom is -0.192 e. The van der Waals surface area contributed by atoms with Gasteiger partial charge in [0, 0.05) is 20.4 Å². The molecule has 0 amide bonds. The van der Waals surface area contributed by atoms with Gasteiger partial charge < -0.3 is 0 Å². The molecule has 1 nitrogen and oxygen atoms in total. The number of nitrogens with zero attached hydrogens (tertiary/aromatic N) is 1. The summed E-state index contributed by atoms with van der Waals surface area (Å²) in [5, 5.41) is 12.2. The van der Waals surface area contributed by atoms with E-state index in [-0.39, 0.29) is 0 Å². The molecule has 13 heavy (non-hydrogen) atoms. The van der Waals surface area contributed by atoms with Crippen LogP contribution in [0.1, 0.15) is 5.56 Å². The molecule has 0 bridgehead atoms. The molecule has 1 heterocycles. The van der Waals surface area contributed by atoms with Gasteiger partial charge in [-0.3, -0.25) is 0 Å². The zero-order valence-electron chi connectivity index (χ0n) is 6.41. The molecule has 1 aromatic carbocycles. The first-order valence-corrected chi connectivity index (χ1v) is 5.22. The number of halogens is 1. The van der Waals surface area contributed by atoms with Gasteiger partial charge in [-0.2, -0.15) is 5.26 Å². The van der Waals surface area contributed by atoms with E-state index in [9.17, 15) is 0 Å². The van der Waals surface area contributed by atoms with Crippen LogP contribution in [0.15, 0.2) is 22.4 Å². The highest BCUT2D eigenvalue weighted by molar-refractivity contribution is 7.80. The van der Waals surface area contributed by atoms with Gasteiger partial charge in [0.2, 0.25) is 0 Å². The summed E-state index contributed by atoms with van der Waals surface area (Å²) in [6.45, 7) is 0. The third-order valence-electron chi connectivity index (χ3n) is 1.74. The Hall–Kier alpha value is -0.690. The third-order valence-corrected chi connectivity index (χ3v) is 3.35. The molecular formula is C9H4ClNS2. The van der Waals surface area contributed by atoms with Crippen LogP contribution in [0.5, 0.6) is 0 Å². The van der Waals surface area contributed by atoms with Gasteiger partial charge in [-0.1, -0.05) is 11.6 Å². The normalized spacial score (nSPS) is 10.2. The number of rotatable bonds is 0. The van der Waals surface area contributed by atoms with Crippen molar-refractivity contribution >= 4 is 45.7 Å². The molecule has 4 heteroatoms. The molecule has 0 unspecified atom stereocenters. The molecule has 0 aliphatic rings. The molecule has 0 spiro atoms. The van der Waals surface area contributed by atoms with Crippen LogP contribution in [-0.4, -0.2) is 0 Å². The van der Waals surface area contributed by atoms with Gasteiger partial charge in [-0.25, -0.2) is 0 Å². The maximum Gasteiger partial charge on any atom is 0.0999 e. The Labute approximate surface area is 90.0 Å². The van der Waals surface area contributed by atoms with Gasteiger partial charge in [0.1, 0.15) is 0 Å². The molecule has 0 fully saturated rings. The summed E-state index contributed by atoms with van der Waals surface area (Å²) in [6, 6.07) is 5.75. The molecule has 0 saturated carbocycles. The van der Waals surface area contributed by atoms with Crippen molar-refractivity contribution in [2.45, 2.75) is 4.90 Å². The second kappa shape index (κ2) is 3.22. The van der Waals surface area contributed by atoms with E-state index in [0.717, 1.165) is 15.0 Å². The summed E-state index contributed by atoms with van der Waals surface area (Å²) in [4.78, 5) is 0.794. The smallest absolute Gasteiger partial charge is 0.0999 e. The quantitative estimate of drug-likeness (QED) is 0.679. The molecule has 0 atom stereocenters. The van der Waals surface area contributed by atoms with E-state index in [1.807, 2.05) is 11.4 Å². The molecule has 0 saturated heterocycles. The Morgan fingerprint density at radius 2 is 2.23 bits per heavy atom. The van der Waals surface area contributed by atoms with Gasteiger partial charge in [0.15, 0.2) is 0 Å². The van der Waals surface area contributed by atoms with Gasteiger partial charge in [-0.15, -0.1) is 24.0 Å². The van der Waals surface area contributed by atoms with Crippen molar-refractivity contribution < 1.29 is 0 Å². The molecule has 0 radical (unpaired) electrons. The summed E-state index contributed by atoms with van der Waals surface area (Å²) >= 11 is 11.7. The Kier molecular flexibility index (Phi) is 2.20. The average Bonchev–Trinajstić information content (AvgIpc) is 2.46. The zero-order valence-corrected chi connectivity index (χ0v) is 8.88. The van der Waals surface area contributed by atoms with Crippen LogP contribution in [0, 0.1) is 11.3 Å². The highest BCUT2D eigenvalue weighted by atomic mass is 35.5. The molecule has 64 valence electrons. The second-order valence-electron chi connectivity index (χ2n) is 2.56. The van der Waals surface area contributed by atoms with E-state index in [4.69, 9.17) is 16.9 Å². The molecule has 2 aromatic rings. The van der Waals surface area contributed by atoms with Crippen molar-refractivity contribution in [3.63, 3.8) is 0 Å². The Morgan fingerprint density at radius 3 is 2.92 bits per heavy atom. The number of hydrogen-bond acceptors (Lipinski definition) is 3. The highest BCUT2D eigenvalue weighted by Crippen LogP contribution is 2.34. The Morgan fingerprint density at radius 1 is 1.46 bits per heavy atom. The lowest BCUT2D eigenvalue weighted by Gasteiger charge is -1.96. The summed E-state index contributed by atoms with van der Waals surface area (Å²) in [7, 11) is 0. The van der Waals surface area contributed by atoms with E-state index in [1.54, 1.807) is 6.07 Å². The first kappa shape index (κ1) is 8.89. The molecular weight excluding hydrogens is 222 g/mol. The first-order chi connectivity index (χ1) is 6.22. The number of fused-ring (bicyclic) bond motifs is 1. The number of benzene rings is 1. The van der Waals surface area contributed by atoms with E-state index in [0.29, 0.717) is 10.6 Å². The summed E-state index contributed by atoms with van der Waals surface area (Å²) in [5.41, 5.74) is 0.591. The largest absolute Gasteiger partial charge is 0.192 e. The van der Waals surface area contributed by atoms with Crippen molar-refractivity contribution in [1.82, 2.24) is 0 Å². The van der Waals surface area contributed by atoms with Crippen LogP contribution in [0.4, 0.5) is 0 Å². The summed E-state index contributed by atoms with van der Waals surface area (Å²) in [5.74, 6) is 0. The van der Waals surface area contributed by atoms with Crippen LogP contribution in [0.2, 0.25) is 5.02 Å². The number of thiophene rings is 1. The maximum absolute atomic E-state index is 8.86. The molecule has 1 aromatic heterocycles. The number of nitriles is 1. The average molecular weight is 226 g/mol. The van der Waals surface area contributed by atoms with E-state index in [1.165, 1.54) is 11.3 Å². The maximum atomic E-state index is 8.86. The van der Waals surface area contributed by atoms with Crippen molar-refractivity contribution in [2.24, 2.45) is 0 Å². The molecule has 2 rings (SSSR count). The second-order valence-corrected chi connectivity index (χ2v) is 4.40.